The van der Waals surface area contributed by atoms with Crippen LogP contribution in [0.3, 0.4) is 0 Å². The average molecular weight is 323 g/mol. The maximum atomic E-state index is 4.81. The third-order valence-electron chi connectivity index (χ3n) is 4.39. The predicted molar refractivity (Wildman–Crippen MR) is 98.2 cm³/mol. The van der Waals surface area contributed by atoms with Crippen molar-refractivity contribution in [1.29, 1.82) is 0 Å². The molecule has 3 aromatic rings. The zero-order valence-corrected chi connectivity index (χ0v) is 14.0. The van der Waals surface area contributed by atoms with E-state index in [9.17, 15) is 0 Å². The number of hydrogen-bond donors (Lipinski definition) is 0. The van der Waals surface area contributed by atoms with Crippen molar-refractivity contribution >= 4 is 26.7 Å². The summed E-state index contributed by atoms with van der Waals surface area (Å²) >= 11 is 1.81. The quantitative estimate of drug-likeness (QED) is 0.726. The van der Waals surface area contributed by atoms with E-state index in [4.69, 9.17) is 4.98 Å². The van der Waals surface area contributed by atoms with Crippen LogP contribution in [-0.2, 0) is 6.54 Å². The van der Waals surface area contributed by atoms with Crippen molar-refractivity contribution in [2.45, 2.75) is 13.0 Å². The number of fused-ring (bicyclic) bond motifs is 1. The monoisotopic (exact) mass is 323 g/mol. The molecule has 0 bridgehead atoms. The number of aromatic nitrogens is 1. The van der Waals surface area contributed by atoms with Crippen LogP contribution in [0.25, 0.3) is 10.2 Å². The lowest BCUT2D eigenvalue weighted by atomic mass is 10.2. The Morgan fingerprint density at radius 3 is 2.57 bits per heavy atom. The first-order chi connectivity index (χ1) is 11.4. The second kappa shape index (κ2) is 6.69. The molecule has 0 unspecified atom stereocenters. The number of benzene rings is 2. The minimum absolute atomic E-state index is 1.05. The van der Waals surface area contributed by atoms with Crippen molar-refractivity contribution < 1.29 is 0 Å². The Balaban J connectivity index is 1.44. The highest BCUT2D eigenvalue weighted by molar-refractivity contribution is 7.22. The molecule has 0 amide bonds. The molecule has 23 heavy (non-hydrogen) atoms. The molecule has 118 valence electrons. The average Bonchev–Trinajstić information content (AvgIpc) is 2.89. The van der Waals surface area contributed by atoms with Crippen LogP contribution in [0.4, 0.5) is 5.13 Å². The third-order valence-corrected chi connectivity index (χ3v) is 5.49. The smallest absolute Gasteiger partial charge is 0.186 e. The highest BCUT2D eigenvalue weighted by atomic mass is 32.1. The molecule has 1 aromatic heterocycles. The maximum absolute atomic E-state index is 4.81. The SMILES string of the molecule is c1ccc(CN2CCCN(c3nc4ccccc4s3)CC2)cc1. The van der Waals surface area contributed by atoms with Gasteiger partial charge in [-0.05, 0) is 24.1 Å². The summed E-state index contributed by atoms with van der Waals surface area (Å²) in [5.41, 5.74) is 2.53. The second-order valence-corrected chi connectivity index (χ2v) is 7.08. The lowest BCUT2D eigenvalue weighted by Crippen LogP contribution is -2.30. The van der Waals surface area contributed by atoms with Gasteiger partial charge in [0.1, 0.15) is 0 Å². The summed E-state index contributed by atoms with van der Waals surface area (Å²) in [7, 11) is 0. The van der Waals surface area contributed by atoms with Gasteiger partial charge >= 0.3 is 0 Å². The fourth-order valence-electron chi connectivity index (χ4n) is 3.16. The highest BCUT2D eigenvalue weighted by Gasteiger charge is 2.17. The Morgan fingerprint density at radius 2 is 1.70 bits per heavy atom. The molecule has 0 spiro atoms. The molecule has 4 heteroatoms. The summed E-state index contributed by atoms with van der Waals surface area (Å²) in [6.07, 6.45) is 1.20. The molecule has 0 aliphatic carbocycles. The first kappa shape index (κ1) is 14.7. The predicted octanol–water partition coefficient (Wildman–Crippen LogP) is 4.01. The van der Waals surface area contributed by atoms with Crippen molar-refractivity contribution in [2.24, 2.45) is 0 Å². The van der Waals surface area contributed by atoms with Gasteiger partial charge in [-0.1, -0.05) is 53.8 Å². The van der Waals surface area contributed by atoms with E-state index in [1.807, 2.05) is 11.3 Å². The highest BCUT2D eigenvalue weighted by Crippen LogP contribution is 2.29. The van der Waals surface area contributed by atoms with E-state index in [-0.39, 0.29) is 0 Å². The molecule has 0 N–H and O–H groups in total. The largest absolute Gasteiger partial charge is 0.347 e. The summed E-state index contributed by atoms with van der Waals surface area (Å²) in [6.45, 7) is 5.48. The van der Waals surface area contributed by atoms with Gasteiger partial charge in [-0.15, -0.1) is 0 Å². The molecular weight excluding hydrogens is 302 g/mol. The van der Waals surface area contributed by atoms with Crippen LogP contribution < -0.4 is 4.90 Å². The van der Waals surface area contributed by atoms with Crippen LogP contribution in [0.2, 0.25) is 0 Å². The second-order valence-electron chi connectivity index (χ2n) is 6.07. The number of hydrogen-bond acceptors (Lipinski definition) is 4. The van der Waals surface area contributed by atoms with E-state index in [2.05, 4.69) is 64.4 Å². The number of anilines is 1. The molecule has 0 radical (unpaired) electrons. The van der Waals surface area contributed by atoms with Gasteiger partial charge in [0, 0.05) is 32.7 Å². The maximum Gasteiger partial charge on any atom is 0.186 e. The third kappa shape index (κ3) is 3.38. The minimum Gasteiger partial charge on any atom is -0.347 e. The van der Waals surface area contributed by atoms with Crippen molar-refractivity contribution in [3.63, 3.8) is 0 Å². The van der Waals surface area contributed by atoms with Gasteiger partial charge in [-0.3, -0.25) is 4.90 Å². The van der Waals surface area contributed by atoms with Gasteiger partial charge in [0.2, 0.25) is 0 Å². The topological polar surface area (TPSA) is 19.4 Å². The molecule has 2 aromatic carbocycles. The summed E-state index contributed by atoms with van der Waals surface area (Å²) in [4.78, 5) is 9.83. The van der Waals surface area contributed by atoms with Gasteiger partial charge in [-0.25, -0.2) is 4.98 Å². The summed E-state index contributed by atoms with van der Waals surface area (Å²) < 4.78 is 1.29. The molecule has 3 nitrogen and oxygen atoms in total. The molecule has 0 saturated carbocycles. The summed E-state index contributed by atoms with van der Waals surface area (Å²) in [6, 6.07) is 19.2. The van der Waals surface area contributed by atoms with Crippen LogP contribution in [0.1, 0.15) is 12.0 Å². The van der Waals surface area contributed by atoms with Crippen molar-refractivity contribution in [1.82, 2.24) is 9.88 Å². The standard InChI is InChI=1S/C19H21N3S/c1-2-7-16(8-3-1)15-21-11-6-12-22(14-13-21)19-20-17-9-4-5-10-18(17)23-19/h1-5,7-10H,6,11-15H2. The Hall–Kier alpha value is -1.91. The van der Waals surface area contributed by atoms with Gasteiger partial charge in [0.05, 0.1) is 10.2 Å². The first-order valence-corrected chi connectivity index (χ1v) is 9.07. The Kier molecular flexibility index (Phi) is 4.26. The summed E-state index contributed by atoms with van der Waals surface area (Å²) in [5.74, 6) is 0. The molecule has 0 atom stereocenters. The fraction of sp³-hybridized carbons (Fsp3) is 0.316. The van der Waals surface area contributed by atoms with E-state index in [0.717, 1.165) is 38.2 Å². The van der Waals surface area contributed by atoms with Crippen LogP contribution in [0, 0.1) is 0 Å². The van der Waals surface area contributed by atoms with Crippen LogP contribution in [-0.4, -0.2) is 36.1 Å². The van der Waals surface area contributed by atoms with E-state index >= 15 is 0 Å². The van der Waals surface area contributed by atoms with E-state index < -0.39 is 0 Å². The van der Waals surface area contributed by atoms with Gasteiger partial charge in [0.15, 0.2) is 5.13 Å². The number of rotatable bonds is 3. The number of para-hydroxylation sites is 1. The summed E-state index contributed by atoms with van der Waals surface area (Å²) in [5, 5.41) is 1.17. The Morgan fingerprint density at radius 1 is 0.870 bits per heavy atom. The zero-order valence-electron chi connectivity index (χ0n) is 13.2. The fourth-order valence-corrected chi connectivity index (χ4v) is 4.17. The zero-order chi connectivity index (χ0) is 15.5. The van der Waals surface area contributed by atoms with Crippen LogP contribution >= 0.6 is 11.3 Å². The number of thiazole rings is 1. The van der Waals surface area contributed by atoms with E-state index in [1.54, 1.807) is 0 Å². The van der Waals surface area contributed by atoms with E-state index in [1.165, 1.54) is 21.8 Å². The molecule has 4 rings (SSSR count). The molecular formula is C19H21N3S. The van der Waals surface area contributed by atoms with Crippen molar-refractivity contribution in [3.8, 4) is 0 Å². The number of nitrogens with zero attached hydrogens (tertiary/aromatic N) is 3. The van der Waals surface area contributed by atoms with Crippen molar-refractivity contribution in [2.75, 3.05) is 31.1 Å². The van der Waals surface area contributed by atoms with Gasteiger partial charge in [0.25, 0.3) is 0 Å². The van der Waals surface area contributed by atoms with Crippen LogP contribution in [0.15, 0.2) is 54.6 Å². The lowest BCUT2D eigenvalue weighted by Gasteiger charge is -2.21. The van der Waals surface area contributed by atoms with Crippen molar-refractivity contribution in [3.05, 3.63) is 60.2 Å². The Bertz CT molecular complexity index is 735. The van der Waals surface area contributed by atoms with Crippen LogP contribution in [0.5, 0.6) is 0 Å². The minimum atomic E-state index is 1.05. The molecule has 1 aliphatic heterocycles. The normalized spacial score (nSPS) is 16.6. The molecule has 1 fully saturated rings. The molecule has 2 heterocycles. The first-order valence-electron chi connectivity index (χ1n) is 8.25. The Labute approximate surface area is 141 Å². The molecule has 1 aliphatic rings. The molecule has 1 saturated heterocycles. The lowest BCUT2D eigenvalue weighted by molar-refractivity contribution is 0.285. The van der Waals surface area contributed by atoms with Gasteiger partial charge in [-0.2, -0.15) is 0 Å². The van der Waals surface area contributed by atoms with Gasteiger partial charge < -0.3 is 4.90 Å². The van der Waals surface area contributed by atoms with E-state index in [0.29, 0.717) is 0 Å².